The van der Waals surface area contributed by atoms with Gasteiger partial charge in [-0.2, -0.15) is 0 Å². The number of hydrogen-bond acceptors (Lipinski definition) is 4. The van der Waals surface area contributed by atoms with E-state index in [4.69, 9.17) is 0 Å². The second-order valence-electron chi connectivity index (χ2n) is 6.91. The molecule has 0 aliphatic heterocycles. The molecule has 0 heterocycles. The van der Waals surface area contributed by atoms with Gasteiger partial charge >= 0.3 is 0 Å². The zero-order valence-electron chi connectivity index (χ0n) is 17.2. The number of sulfonamides is 1. The van der Waals surface area contributed by atoms with Crippen molar-refractivity contribution in [1.29, 1.82) is 0 Å². The van der Waals surface area contributed by atoms with E-state index >= 15 is 0 Å². The molecule has 0 aliphatic carbocycles. The van der Waals surface area contributed by atoms with Gasteiger partial charge in [-0.05, 0) is 49.2 Å². The summed E-state index contributed by atoms with van der Waals surface area (Å²) in [7, 11) is -3.70. The van der Waals surface area contributed by atoms with E-state index in [-0.39, 0.29) is 5.91 Å². The Balaban J connectivity index is 2.20. The van der Waals surface area contributed by atoms with Gasteiger partial charge in [-0.1, -0.05) is 41.4 Å². The number of aryl methyl sites for hydroxylation is 1. The molecule has 0 unspecified atom stereocenters. The molecule has 0 radical (unpaired) electrons. The van der Waals surface area contributed by atoms with Crippen LogP contribution in [0.5, 0.6) is 0 Å². The molecule has 2 aromatic carbocycles. The third-order valence-corrected chi connectivity index (χ3v) is 6.41. The van der Waals surface area contributed by atoms with Gasteiger partial charge in [-0.25, -0.2) is 8.42 Å². The summed E-state index contributed by atoms with van der Waals surface area (Å²) in [4.78, 5) is 25.1. The number of unbranched alkanes of at least 4 members (excludes halogenated alkanes) is 1. The van der Waals surface area contributed by atoms with Gasteiger partial charge in [0.1, 0.15) is 6.54 Å². The van der Waals surface area contributed by atoms with Gasteiger partial charge in [0.25, 0.3) is 5.91 Å². The van der Waals surface area contributed by atoms with Crippen LogP contribution in [-0.2, 0) is 14.8 Å². The number of para-hydroxylation sites is 1. The first kappa shape index (κ1) is 23.9. The molecular weight excluding hydrogens is 470 g/mol. The fraction of sp³-hybridized carbons (Fsp3) is 0.333. The Bertz CT molecular complexity index is 1020. The Morgan fingerprint density at radius 2 is 1.83 bits per heavy atom. The van der Waals surface area contributed by atoms with Crippen molar-refractivity contribution in [3.8, 4) is 0 Å². The van der Waals surface area contributed by atoms with Gasteiger partial charge in [0.05, 0.1) is 23.2 Å². The molecule has 30 heavy (non-hydrogen) atoms. The summed E-state index contributed by atoms with van der Waals surface area (Å²) in [5, 5.41) is 5.48. The minimum absolute atomic E-state index is 0.289. The van der Waals surface area contributed by atoms with Gasteiger partial charge in [-0.3, -0.25) is 13.9 Å². The molecule has 0 aromatic heterocycles. The van der Waals surface area contributed by atoms with Crippen molar-refractivity contribution in [2.24, 2.45) is 0 Å². The van der Waals surface area contributed by atoms with E-state index in [0.717, 1.165) is 33.4 Å². The number of halogens is 1. The second kappa shape index (κ2) is 10.6. The van der Waals surface area contributed by atoms with E-state index in [2.05, 4.69) is 26.6 Å². The van der Waals surface area contributed by atoms with Gasteiger partial charge in [-0.15, -0.1) is 0 Å². The molecule has 0 fully saturated rings. The first-order chi connectivity index (χ1) is 14.1. The highest BCUT2D eigenvalue weighted by atomic mass is 79.9. The van der Waals surface area contributed by atoms with Gasteiger partial charge in [0.2, 0.25) is 15.9 Å². The van der Waals surface area contributed by atoms with Gasteiger partial charge < -0.3 is 10.6 Å². The van der Waals surface area contributed by atoms with E-state index in [1.165, 1.54) is 0 Å². The zero-order valence-corrected chi connectivity index (χ0v) is 19.6. The molecule has 0 bridgehead atoms. The first-order valence-electron chi connectivity index (χ1n) is 9.54. The highest BCUT2D eigenvalue weighted by Crippen LogP contribution is 2.25. The molecule has 2 amide bonds. The monoisotopic (exact) mass is 495 g/mol. The van der Waals surface area contributed by atoms with Crippen LogP contribution in [0, 0.1) is 6.92 Å². The zero-order chi connectivity index (χ0) is 22.3. The minimum atomic E-state index is -3.70. The number of carbonyl (C=O) groups is 2. The van der Waals surface area contributed by atoms with Crippen LogP contribution in [0.1, 0.15) is 35.7 Å². The Morgan fingerprint density at radius 3 is 2.47 bits per heavy atom. The van der Waals surface area contributed by atoms with Crippen LogP contribution in [0.3, 0.4) is 0 Å². The lowest BCUT2D eigenvalue weighted by atomic mass is 10.1. The SMILES string of the molecule is CCCCNC(=O)c1ccccc1NC(=O)CN(c1ccc(Br)c(C)c1)S(C)(=O)=O. The van der Waals surface area contributed by atoms with Crippen LogP contribution in [0.15, 0.2) is 46.9 Å². The maximum absolute atomic E-state index is 12.7. The maximum atomic E-state index is 12.7. The Hall–Kier alpha value is -2.39. The van der Waals surface area contributed by atoms with Crippen molar-refractivity contribution in [3.63, 3.8) is 0 Å². The summed E-state index contributed by atoms with van der Waals surface area (Å²) >= 11 is 3.38. The molecule has 0 aliphatic rings. The third kappa shape index (κ3) is 6.56. The summed E-state index contributed by atoms with van der Waals surface area (Å²) in [6.45, 7) is 4.00. The standard InChI is InChI=1S/C21H26BrN3O4S/c1-4-5-12-23-21(27)17-8-6-7-9-19(17)24-20(26)14-25(30(3,28)29)16-10-11-18(22)15(2)13-16/h6-11,13H,4-5,12,14H2,1-3H3,(H,23,27)(H,24,26). The number of anilines is 2. The normalized spacial score (nSPS) is 11.1. The van der Waals surface area contributed by atoms with Gasteiger partial charge in [0, 0.05) is 11.0 Å². The topological polar surface area (TPSA) is 95.6 Å². The van der Waals surface area contributed by atoms with Crippen LogP contribution in [0.2, 0.25) is 0 Å². The molecule has 0 spiro atoms. The molecule has 2 rings (SSSR count). The van der Waals surface area contributed by atoms with E-state index < -0.39 is 22.5 Å². The van der Waals surface area contributed by atoms with Crippen molar-refractivity contribution in [3.05, 3.63) is 58.1 Å². The quantitative estimate of drug-likeness (QED) is 0.518. The van der Waals surface area contributed by atoms with Crippen molar-refractivity contribution < 1.29 is 18.0 Å². The van der Waals surface area contributed by atoms with Crippen LogP contribution < -0.4 is 14.9 Å². The van der Waals surface area contributed by atoms with Crippen molar-refractivity contribution in [2.75, 3.05) is 29.0 Å². The van der Waals surface area contributed by atoms with E-state index in [1.807, 2.05) is 13.8 Å². The number of carbonyl (C=O) groups excluding carboxylic acids is 2. The summed E-state index contributed by atoms with van der Waals surface area (Å²) in [5.74, 6) is -0.836. The average molecular weight is 496 g/mol. The summed E-state index contributed by atoms with van der Waals surface area (Å²) in [6.07, 6.45) is 2.86. The van der Waals surface area contributed by atoms with E-state index in [0.29, 0.717) is 23.5 Å². The first-order valence-corrected chi connectivity index (χ1v) is 12.2. The number of benzene rings is 2. The largest absolute Gasteiger partial charge is 0.352 e. The average Bonchev–Trinajstić information content (AvgIpc) is 2.68. The van der Waals surface area contributed by atoms with Crippen LogP contribution >= 0.6 is 15.9 Å². The molecule has 0 saturated heterocycles. The molecule has 162 valence electrons. The Labute approximate surface area is 186 Å². The lowest BCUT2D eigenvalue weighted by Gasteiger charge is -2.23. The molecule has 2 N–H and O–H groups in total. The molecular formula is C21H26BrN3O4S. The predicted octanol–water partition coefficient (Wildman–Crippen LogP) is 3.69. The number of nitrogens with one attached hydrogen (secondary N) is 2. The number of hydrogen-bond donors (Lipinski definition) is 2. The van der Waals surface area contributed by atoms with Crippen LogP contribution in [0.25, 0.3) is 0 Å². The molecule has 7 nitrogen and oxygen atoms in total. The molecule has 0 atom stereocenters. The predicted molar refractivity (Wildman–Crippen MR) is 123 cm³/mol. The highest BCUT2D eigenvalue weighted by Gasteiger charge is 2.22. The molecule has 0 saturated carbocycles. The Morgan fingerprint density at radius 1 is 1.13 bits per heavy atom. The van der Waals surface area contributed by atoms with Crippen molar-refractivity contribution in [1.82, 2.24) is 5.32 Å². The Kier molecular flexibility index (Phi) is 8.43. The minimum Gasteiger partial charge on any atom is -0.352 e. The third-order valence-electron chi connectivity index (χ3n) is 4.38. The van der Waals surface area contributed by atoms with Crippen LogP contribution in [0.4, 0.5) is 11.4 Å². The highest BCUT2D eigenvalue weighted by molar-refractivity contribution is 9.10. The molecule has 9 heteroatoms. The summed E-state index contributed by atoms with van der Waals surface area (Å²) in [5.41, 5.74) is 1.89. The lowest BCUT2D eigenvalue weighted by Crippen LogP contribution is -2.37. The fourth-order valence-electron chi connectivity index (χ4n) is 2.77. The lowest BCUT2D eigenvalue weighted by molar-refractivity contribution is -0.114. The smallest absolute Gasteiger partial charge is 0.253 e. The van der Waals surface area contributed by atoms with E-state index in [1.54, 1.807) is 42.5 Å². The van der Waals surface area contributed by atoms with Gasteiger partial charge in [0.15, 0.2) is 0 Å². The number of nitrogens with zero attached hydrogens (tertiary/aromatic N) is 1. The summed E-state index contributed by atoms with van der Waals surface area (Å²) in [6, 6.07) is 11.7. The maximum Gasteiger partial charge on any atom is 0.253 e. The van der Waals surface area contributed by atoms with E-state index in [9.17, 15) is 18.0 Å². The number of amides is 2. The van der Waals surface area contributed by atoms with Crippen molar-refractivity contribution >= 4 is 49.1 Å². The van der Waals surface area contributed by atoms with Crippen molar-refractivity contribution in [2.45, 2.75) is 26.7 Å². The van der Waals surface area contributed by atoms with Crippen LogP contribution in [-0.4, -0.2) is 39.6 Å². The number of rotatable bonds is 9. The molecule has 2 aromatic rings. The fourth-order valence-corrected chi connectivity index (χ4v) is 3.86. The second-order valence-corrected chi connectivity index (χ2v) is 9.67. The summed E-state index contributed by atoms with van der Waals surface area (Å²) < 4.78 is 26.5.